The maximum Gasteiger partial charge on any atom is 0.416 e. The Morgan fingerprint density at radius 2 is 1.86 bits per heavy atom. The highest BCUT2D eigenvalue weighted by molar-refractivity contribution is 5.83. The number of nitrogens with one attached hydrogen (secondary N) is 2. The van der Waals surface area contributed by atoms with Crippen LogP contribution in [0.25, 0.3) is 0 Å². The predicted octanol–water partition coefficient (Wildman–Crippen LogP) is 0.958. The Bertz CT molecular complexity index is 573. The minimum atomic E-state index is -4.50. The molecule has 0 aliphatic rings. The van der Waals surface area contributed by atoms with Crippen molar-refractivity contribution in [2.45, 2.75) is 19.5 Å². The van der Waals surface area contributed by atoms with Gasteiger partial charge in [-0.05, 0) is 11.6 Å². The van der Waals surface area contributed by atoms with E-state index in [4.69, 9.17) is 0 Å². The average molecular weight is 318 g/mol. The lowest BCUT2D eigenvalue weighted by molar-refractivity contribution is -0.148. The number of hydrogen-bond donors (Lipinski definition) is 2. The summed E-state index contributed by atoms with van der Waals surface area (Å²) in [5, 5.41) is 0. The standard InChI is InChI=1S/C13H13F3N2O4/c1-8(19)17-18-11(20)7-22-12(21)6-9-3-2-4-10(5-9)13(14,15)16/h2-5H,6-7H2,1H3,(H,17,19)(H,18,20). The number of alkyl halides is 3. The third-order valence-corrected chi connectivity index (χ3v) is 2.34. The zero-order chi connectivity index (χ0) is 16.8. The minimum absolute atomic E-state index is 0.113. The molecule has 6 nitrogen and oxygen atoms in total. The summed E-state index contributed by atoms with van der Waals surface area (Å²) < 4.78 is 42.1. The van der Waals surface area contributed by atoms with Gasteiger partial charge in [0.05, 0.1) is 12.0 Å². The first-order valence-corrected chi connectivity index (χ1v) is 6.05. The third-order valence-electron chi connectivity index (χ3n) is 2.34. The van der Waals surface area contributed by atoms with Crippen LogP contribution in [0, 0.1) is 0 Å². The van der Waals surface area contributed by atoms with E-state index in [0.29, 0.717) is 0 Å². The van der Waals surface area contributed by atoms with Crippen LogP contribution in [-0.4, -0.2) is 24.4 Å². The van der Waals surface area contributed by atoms with Gasteiger partial charge in [0.2, 0.25) is 5.91 Å². The monoisotopic (exact) mass is 318 g/mol. The second-order valence-corrected chi connectivity index (χ2v) is 4.26. The van der Waals surface area contributed by atoms with Gasteiger partial charge in [0.25, 0.3) is 5.91 Å². The topological polar surface area (TPSA) is 84.5 Å². The summed E-state index contributed by atoms with van der Waals surface area (Å²) in [6, 6.07) is 4.23. The van der Waals surface area contributed by atoms with Crippen LogP contribution in [0.2, 0.25) is 0 Å². The van der Waals surface area contributed by atoms with E-state index in [1.807, 2.05) is 10.9 Å². The van der Waals surface area contributed by atoms with E-state index in [0.717, 1.165) is 12.1 Å². The van der Waals surface area contributed by atoms with E-state index in [9.17, 15) is 27.6 Å². The molecule has 1 aromatic rings. The lowest BCUT2D eigenvalue weighted by Gasteiger charge is -2.09. The van der Waals surface area contributed by atoms with Gasteiger partial charge in [-0.15, -0.1) is 0 Å². The number of carbonyl (C=O) groups excluding carboxylic acids is 3. The normalized spacial score (nSPS) is 10.7. The molecule has 1 aromatic carbocycles. The largest absolute Gasteiger partial charge is 0.455 e. The molecule has 120 valence electrons. The molecular formula is C13H13F3N2O4. The molecule has 2 N–H and O–H groups in total. The zero-order valence-electron chi connectivity index (χ0n) is 11.5. The molecule has 0 aromatic heterocycles. The van der Waals surface area contributed by atoms with Crippen LogP contribution >= 0.6 is 0 Å². The van der Waals surface area contributed by atoms with E-state index in [1.165, 1.54) is 19.1 Å². The molecule has 0 saturated heterocycles. The molecule has 0 saturated carbocycles. The highest BCUT2D eigenvalue weighted by atomic mass is 19.4. The molecule has 2 amide bonds. The Morgan fingerprint density at radius 1 is 1.18 bits per heavy atom. The fourth-order valence-electron chi connectivity index (χ4n) is 1.42. The molecule has 0 aliphatic carbocycles. The Labute approximate surface area is 123 Å². The van der Waals surface area contributed by atoms with Crippen molar-refractivity contribution in [1.82, 2.24) is 10.9 Å². The molecule has 0 radical (unpaired) electrons. The van der Waals surface area contributed by atoms with Gasteiger partial charge in [0.15, 0.2) is 6.61 Å². The van der Waals surface area contributed by atoms with Gasteiger partial charge in [-0.25, -0.2) is 0 Å². The Kier molecular flexibility index (Phi) is 5.90. The molecule has 0 fully saturated rings. The lowest BCUT2D eigenvalue weighted by Crippen LogP contribution is -2.42. The Morgan fingerprint density at radius 3 is 2.45 bits per heavy atom. The van der Waals surface area contributed by atoms with Crippen molar-refractivity contribution in [2.24, 2.45) is 0 Å². The SMILES string of the molecule is CC(=O)NNC(=O)COC(=O)Cc1cccc(C(F)(F)F)c1. The number of carbonyl (C=O) groups is 3. The number of halogens is 3. The molecule has 9 heteroatoms. The average Bonchev–Trinajstić information content (AvgIpc) is 2.42. The number of esters is 1. The van der Waals surface area contributed by atoms with E-state index < -0.39 is 42.6 Å². The maximum absolute atomic E-state index is 12.5. The van der Waals surface area contributed by atoms with Crippen LogP contribution in [0.5, 0.6) is 0 Å². The summed E-state index contributed by atoms with van der Waals surface area (Å²) >= 11 is 0. The zero-order valence-corrected chi connectivity index (χ0v) is 11.5. The van der Waals surface area contributed by atoms with Gasteiger partial charge in [-0.2, -0.15) is 13.2 Å². The highest BCUT2D eigenvalue weighted by Crippen LogP contribution is 2.29. The molecule has 0 spiro atoms. The van der Waals surface area contributed by atoms with Crippen LogP contribution in [0.3, 0.4) is 0 Å². The van der Waals surface area contributed by atoms with Crippen molar-refractivity contribution >= 4 is 17.8 Å². The van der Waals surface area contributed by atoms with Gasteiger partial charge in [-0.1, -0.05) is 18.2 Å². The van der Waals surface area contributed by atoms with Gasteiger partial charge in [0.1, 0.15) is 0 Å². The number of amides is 2. The minimum Gasteiger partial charge on any atom is -0.455 e. The van der Waals surface area contributed by atoms with Crippen molar-refractivity contribution in [3.8, 4) is 0 Å². The van der Waals surface area contributed by atoms with E-state index in [-0.39, 0.29) is 5.56 Å². The summed E-state index contributed by atoms with van der Waals surface area (Å²) in [5.74, 6) is -2.14. The fourth-order valence-corrected chi connectivity index (χ4v) is 1.42. The Hall–Kier alpha value is -2.58. The first kappa shape index (κ1) is 17.5. The van der Waals surface area contributed by atoms with Crippen molar-refractivity contribution in [1.29, 1.82) is 0 Å². The molecule has 0 bridgehead atoms. The lowest BCUT2D eigenvalue weighted by atomic mass is 10.1. The van der Waals surface area contributed by atoms with Crippen LogP contribution in [0.1, 0.15) is 18.1 Å². The van der Waals surface area contributed by atoms with Gasteiger partial charge in [-0.3, -0.25) is 25.2 Å². The van der Waals surface area contributed by atoms with Crippen LogP contribution in [-0.2, 0) is 31.7 Å². The number of benzene rings is 1. The predicted molar refractivity (Wildman–Crippen MR) is 68.1 cm³/mol. The van der Waals surface area contributed by atoms with Crippen molar-refractivity contribution in [2.75, 3.05) is 6.61 Å². The highest BCUT2D eigenvalue weighted by Gasteiger charge is 2.30. The first-order valence-electron chi connectivity index (χ1n) is 6.05. The summed E-state index contributed by atoms with van der Waals surface area (Å²) in [5.41, 5.74) is 3.19. The summed E-state index contributed by atoms with van der Waals surface area (Å²) in [4.78, 5) is 33.1. The first-order chi connectivity index (χ1) is 10.2. The van der Waals surface area contributed by atoms with Crippen LogP contribution < -0.4 is 10.9 Å². The summed E-state index contributed by atoms with van der Waals surface area (Å²) in [7, 11) is 0. The number of ether oxygens (including phenoxy) is 1. The molecule has 0 heterocycles. The maximum atomic E-state index is 12.5. The fraction of sp³-hybridized carbons (Fsp3) is 0.308. The van der Waals surface area contributed by atoms with Crippen molar-refractivity contribution < 1.29 is 32.3 Å². The molecule has 0 atom stereocenters. The second-order valence-electron chi connectivity index (χ2n) is 4.26. The van der Waals surface area contributed by atoms with E-state index in [2.05, 4.69) is 4.74 Å². The van der Waals surface area contributed by atoms with Crippen molar-refractivity contribution in [3.63, 3.8) is 0 Å². The molecule has 0 aliphatic heterocycles. The number of rotatable bonds is 4. The molecule has 1 rings (SSSR count). The van der Waals surface area contributed by atoms with Crippen LogP contribution in [0.4, 0.5) is 13.2 Å². The van der Waals surface area contributed by atoms with E-state index >= 15 is 0 Å². The van der Waals surface area contributed by atoms with E-state index in [1.54, 1.807) is 0 Å². The molecule has 0 unspecified atom stereocenters. The van der Waals surface area contributed by atoms with Gasteiger partial charge in [0, 0.05) is 6.92 Å². The summed E-state index contributed by atoms with van der Waals surface area (Å²) in [6.07, 6.45) is -4.91. The Balaban J connectivity index is 2.49. The molecule has 22 heavy (non-hydrogen) atoms. The van der Waals surface area contributed by atoms with Gasteiger partial charge < -0.3 is 4.74 Å². The number of hydrogen-bond acceptors (Lipinski definition) is 4. The quantitative estimate of drug-likeness (QED) is 0.640. The summed E-state index contributed by atoms with van der Waals surface area (Å²) in [6.45, 7) is 0.512. The molecular weight excluding hydrogens is 305 g/mol. The smallest absolute Gasteiger partial charge is 0.416 e. The van der Waals surface area contributed by atoms with Crippen LogP contribution in [0.15, 0.2) is 24.3 Å². The second kappa shape index (κ2) is 7.43. The number of hydrazine groups is 1. The third kappa shape index (κ3) is 6.25. The van der Waals surface area contributed by atoms with Crippen molar-refractivity contribution in [3.05, 3.63) is 35.4 Å². The van der Waals surface area contributed by atoms with Gasteiger partial charge >= 0.3 is 12.1 Å².